The maximum Gasteiger partial charge on any atom is 0.0437 e. The van der Waals surface area contributed by atoms with Crippen LogP contribution < -0.4 is 0 Å². The van der Waals surface area contributed by atoms with E-state index in [-0.39, 0.29) is 0 Å². The molecule has 2 rings (SSSR count). The Bertz CT molecular complexity index is 455. The number of aromatic nitrogens is 1. The van der Waals surface area contributed by atoms with Crippen LogP contribution in [0.5, 0.6) is 0 Å². The lowest BCUT2D eigenvalue weighted by Gasteiger charge is -2.03. The minimum Gasteiger partial charge on any atom is -0.264 e. The maximum absolute atomic E-state index is 4.03. The summed E-state index contributed by atoms with van der Waals surface area (Å²) >= 11 is 6.93. The molecule has 0 fully saturated rings. The quantitative estimate of drug-likeness (QED) is 0.766. The highest BCUT2D eigenvalue weighted by Gasteiger charge is 2.01. The van der Waals surface area contributed by atoms with Gasteiger partial charge in [0.25, 0.3) is 0 Å². The van der Waals surface area contributed by atoms with E-state index < -0.39 is 0 Å². The summed E-state index contributed by atoms with van der Waals surface area (Å²) in [6.07, 6.45) is 3.59. The second-order valence-electron chi connectivity index (χ2n) is 2.87. The van der Waals surface area contributed by atoms with Crippen LogP contribution in [0.4, 0.5) is 0 Å². The van der Waals surface area contributed by atoms with E-state index in [0.717, 1.165) is 14.5 Å². The first kappa shape index (κ1) is 9.87. The van der Waals surface area contributed by atoms with Gasteiger partial charge in [0.2, 0.25) is 0 Å². The van der Waals surface area contributed by atoms with E-state index in [0.29, 0.717) is 0 Å². The molecule has 0 amide bonds. The second-order valence-corrected chi connectivity index (χ2v) is 4.64. The van der Waals surface area contributed by atoms with Crippen LogP contribution in [0.3, 0.4) is 0 Å². The molecule has 0 spiro atoms. The summed E-state index contributed by atoms with van der Waals surface area (Å²) < 4.78 is 2.09. The molecule has 14 heavy (non-hydrogen) atoms. The van der Waals surface area contributed by atoms with Crippen molar-refractivity contribution in [3.63, 3.8) is 0 Å². The fourth-order valence-electron chi connectivity index (χ4n) is 1.27. The normalized spacial score (nSPS) is 10.1. The molecule has 0 saturated heterocycles. The van der Waals surface area contributed by atoms with Crippen molar-refractivity contribution in [2.45, 2.75) is 0 Å². The van der Waals surface area contributed by atoms with E-state index in [2.05, 4.69) is 49.0 Å². The molecule has 0 unspecified atom stereocenters. The predicted molar refractivity (Wildman–Crippen MR) is 65.1 cm³/mol. The Morgan fingerprint density at radius 2 is 1.93 bits per heavy atom. The predicted octanol–water partition coefficient (Wildman–Crippen LogP) is 4.27. The molecule has 0 N–H and O–H groups in total. The molecule has 0 saturated carbocycles. The van der Waals surface area contributed by atoms with Gasteiger partial charge in [-0.1, -0.05) is 28.1 Å². The summed E-state index contributed by atoms with van der Waals surface area (Å²) in [5.74, 6) is 0. The van der Waals surface area contributed by atoms with Crippen LogP contribution in [0, 0.1) is 0 Å². The molecule has 0 aliphatic rings. The first-order valence-corrected chi connectivity index (χ1v) is 5.71. The van der Waals surface area contributed by atoms with Crippen LogP contribution in [-0.4, -0.2) is 4.98 Å². The fourth-order valence-corrected chi connectivity index (χ4v) is 2.14. The fraction of sp³-hybridized carbons (Fsp3) is 0. The standard InChI is InChI=1S/C11H7Br2N/c12-9-3-1-2-8(6-9)10-4-5-14-7-11(10)13/h1-7H. The zero-order chi connectivity index (χ0) is 9.97. The molecule has 1 nitrogen and oxygen atoms in total. The molecule has 1 heterocycles. The van der Waals surface area contributed by atoms with E-state index in [4.69, 9.17) is 0 Å². The van der Waals surface area contributed by atoms with Crippen LogP contribution in [0.2, 0.25) is 0 Å². The molecule has 3 heteroatoms. The van der Waals surface area contributed by atoms with Crippen molar-refractivity contribution in [1.82, 2.24) is 4.98 Å². The summed E-state index contributed by atoms with van der Waals surface area (Å²) in [6.45, 7) is 0. The number of nitrogens with zero attached hydrogens (tertiary/aromatic N) is 1. The van der Waals surface area contributed by atoms with Gasteiger partial charge in [-0.3, -0.25) is 4.98 Å². The van der Waals surface area contributed by atoms with E-state index in [1.165, 1.54) is 5.56 Å². The van der Waals surface area contributed by atoms with Crippen molar-refractivity contribution in [2.24, 2.45) is 0 Å². The van der Waals surface area contributed by atoms with Crippen molar-refractivity contribution < 1.29 is 0 Å². The number of benzene rings is 1. The van der Waals surface area contributed by atoms with Gasteiger partial charge in [0.15, 0.2) is 0 Å². The molecular weight excluding hydrogens is 306 g/mol. The average Bonchev–Trinajstić information content (AvgIpc) is 2.18. The summed E-state index contributed by atoms with van der Waals surface area (Å²) in [7, 11) is 0. The zero-order valence-corrected chi connectivity index (χ0v) is 10.4. The van der Waals surface area contributed by atoms with Crippen LogP contribution in [0.1, 0.15) is 0 Å². The van der Waals surface area contributed by atoms with Gasteiger partial charge in [-0.2, -0.15) is 0 Å². The Morgan fingerprint density at radius 3 is 2.64 bits per heavy atom. The van der Waals surface area contributed by atoms with E-state index in [1.54, 1.807) is 12.4 Å². The van der Waals surface area contributed by atoms with Gasteiger partial charge in [-0.15, -0.1) is 0 Å². The highest BCUT2D eigenvalue weighted by molar-refractivity contribution is 9.10. The van der Waals surface area contributed by atoms with Gasteiger partial charge in [-0.05, 0) is 45.3 Å². The molecule has 1 aromatic heterocycles. The van der Waals surface area contributed by atoms with Crippen molar-refractivity contribution in [3.8, 4) is 11.1 Å². The average molecular weight is 313 g/mol. The monoisotopic (exact) mass is 311 g/mol. The third-order valence-electron chi connectivity index (χ3n) is 1.91. The number of halogens is 2. The Labute approximate surface area is 99.4 Å². The number of rotatable bonds is 1. The zero-order valence-electron chi connectivity index (χ0n) is 7.24. The third kappa shape index (κ3) is 2.04. The van der Waals surface area contributed by atoms with Crippen LogP contribution in [-0.2, 0) is 0 Å². The van der Waals surface area contributed by atoms with Gasteiger partial charge < -0.3 is 0 Å². The van der Waals surface area contributed by atoms with Crippen molar-refractivity contribution in [2.75, 3.05) is 0 Å². The highest BCUT2D eigenvalue weighted by atomic mass is 79.9. The summed E-state index contributed by atoms with van der Waals surface area (Å²) in [6, 6.07) is 10.2. The van der Waals surface area contributed by atoms with Crippen LogP contribution >= 0.6 is 31.9 Å². The van der Waals surface area contributed by atoms with Gasteiger partial charge in [0, 0.05) is 21.3 Å². The molecule has 0 aliphatic heterocycles. The van der Waals surface area contributed by atoms with Crippen LogP contribution in [0.25, 0.3) is 11.1 Å². The molecular formula is C11H7Br2N. The van der Waals surface area contributed by atoms with E-state index in [1.807, 2.05) is 18.2 Å². The minimum absolute atomic E-state index is 1.01. The smallest absolute Gasteiger partial charge is 0.0437 e. The molecule has 0 aliphatic carbocycles. The van der Waals surface area contributed by atoms with Crippen molar-refractivity contribution in [1.29, 1.82) is 0 Å². The first-order valence-electron chi connectivity index (χ1n) is 4.13. The van der Waals surface area contributed by atoms with Gasteiger partial charge in [0.1, 0.15) is 0 Å². The Balaban J connectivity index is 2.55. The lowest BCUT2D eigenvalue weighted by Crippen LogP contribution is -1.80. The molecule has 1 aromatic carbocycles. The largest absolute Gasteiger partial charge is 0.264 e. The summed E-state index contributed by atoms with van der Waals surface area (Å²) in [5, 5.41) is 0. The Hall–Kier alpha value is -0.670. The summed E-state index contributed by atoms with van der Waals surface area (Å²) in [5.41, 5.74) is 2.33. The third-order valence-corrected chi connectivity index (χ3v) is 3.03. The SMILES string of the molecule is Brc1cccc(-c2ccncc2Br)c1. The molecule has 0 bridgehead atoms. The molecule has 2 aromatic rings. The Morgan fingerprint density at radius 1 is 1.07 bits per heavy atom. The minimum atomic E-state index is 1.01. The lowest BCUT2D eigenvalue weighted by atomic mass is 10.1. The van der Waals surface area contributed by atoms with E-state index >= 15 is 0 Å². The molecule has 70 valence electrons. The highest BCUT2D eigenvalue weighted by Crippen LogP contribution is 2.28. The van der Waals surface area contributed by atoms with Crippen molar-refractivity contribution in [3.05, 3.63) is 51.7 Å². The van der Waals surface area contributed by atoms with Gasteiger partial charge in [-0.25, -0.2) is 0 Å². The first-order chi connectivity index (χ1) is 6.77. The molecule has 0 atom stereocenters. The molecule has 0 radical (unpaired) electrons. The summed E-state index contributed by atoms with van der Waals surface area (Å²) in [4.78, 5) is 4.03. The maximum atomic E-state index is 4.03. The van der Waals surface area contributed by atoms with Crippen LogP contribution in [0.15, 0.2) is 51.7 Å². The van der Waals surface area contributed by atoms with Gasteiger partial charge >= 0.3 is 0 Å². The topological polar surface area (TPSA) is 12.9 Å². The Kier molecular flexibility index (Phi) is 2.99. The van der Waals surface area contributed by atoms with Crippen molar-refractivity contribution >= 4 is 31.9 Å². The number of pyridine rings is 1. The lowest BCUT2D eigenvalue weighted by molar-refractivity contribution is 1.31. The van der Waals surface area contributed by atoms with Gasteiger partial charge in [0.05, 0.1) is 0 Å². The second kappa shape index (κ2) is 4.24. The van der Waals surface area contributed by atoms with E-state index in [9.17, 15) is 0 Å². The number of hydrogen-bond acceptors (Lipinski definition) is 1. The number of hydrogen-bond donors (Lipinski definition) is 0.